The zero-order valence-electron chi connectivity index (χ0n) is 10.3. The SMILES string of the molecule is Cc1nc2cc(-n3ccc(C(F)(F)F)n3)c(N)cc2s1. The topological polar surface area (TPSA) is 56.7 Å². The van der Waals surface area contributed by atoms with E-state index in [1.165, 1.54) is 17.5 Å². The van der Waals surface area contributed by atoms with Crippen molar-refractivity contribution in [2.24, 2.45) is 0 Å². The number of alkyl halides is 3. The third-order valence-electron chi connectivity index (χ3n) is 2.77. The number of rotatable bonds is 1. The summed E-state index contributed by atoms with van der Waals surface area (Å²) >= 11 is 1.48. The van der Waals surface area contributed by atoms with Gasteiger partial charge in [0, 0.05) is 6.20 Å². The Bertz CT molecular complexity index is 788. The zero-order chi connectivity index (χ0) is 14.5. The van der Waals surface area contributed by atoms with Crippen molar-refractivity contribution in [2.75, 3.05) is 5.73 Å². The van der Waals surface area contributed by atoms with Gasteiger partial charge in [0.25, 0.3) is 0 Å². The normalized spacial score (nSPS) is 12.2. The molecule has 1 aromatic carbocycles. The minimum Gasteiger partial charge on any atom is -0.397 e. The maximum absolute atomic E-state index is 12.6. The van der Waals surface area contributed by atoms with Crippen LogP contribution in [0.5, 0.6) is 0 Å². The van der Waals surface area contributed by atoms with Gasteiger partial charge in [-0.05, 0) is 25.1 Å². The Kier molecular flexibility index (Phi) is 2.72. The third kappa shape index (κ3) is 2.11. The standard InChI is InChI=1S/C12H9F3N4S/c1-6-17-8-5-9(7(16)4-10(8)20-6)19-3-2-11(18-19)12(13,14)15/h2-5H,16H2,1H3. The van der Waals surface area contributed by atoms with Gasteiger partial charge in [-0.25, -0.2) is 9.67 Å². The Morgan fingerprint density at radius 1 is 1.30 bits per heavy atom. The number of aryl methyl sites for hydroxylation is 1. The lowest BCUT2D eigenvalue weighted by atomic mass is 10.2. The van der Waals surface area contributed by atoms with Crippen LogP contribution in [0.25, 0.3) is 15.9 Å². The Balaban J connectivity index is 2.13. The second-order valence-electron chi connectivity index (χ2n) is 4.25. The number of thiazole rings is 1. The van der Waals surface area contributed by atoms with Crippen LogP contribution in [0.3, 0.4) is 0 Å². The fourth-order valence-corrected chi connectivity index (χ4v) is 2.76. The Morgan fingerprint density at radius 3 is 2.70 bits per heavy atom. The fraction of sp³-hybridized carbons (Fsp3) is 0.167. The van der Waals surface area contributed by atoms with Crippen molar-refractivity contribution in [2.45, 2.75) is 13.1 Å². The Labute approximate surface area is 115 Å². The van der Waals surface area contributed by atoms with Gasteiger partial charge in [-0.1, -0.05) is 0 Å². The summed E-state index contributed by atoms with van der Waals surface area (Å²) in [5.41, 5.74) is 6.37. The van der Waals surface area contributed by atoms with E-state index in [-0.39, 0.29) is 0 Å². The van der Waals surface area contributed by atoms with Crippen molar-refractivity contribution in [1.29, 1.82) is 0 Å². The Hall–Kier alpha value is -2.09. The number of benzene rings is 1. The largest absolute Gasteiger partial charge is 0.435 e. The number of hydrogen-bond acceptors (Lipinski definition) is 4. The molecule has 0 saturated heterocycles. The van der Waals surface area contributed by atoms with Gasteiger partial charge >= 0.3 is 6.18 Å². The Morgan fingerprint density at radius 2 is 2.05 bits per heavy atom. The van der Waals surface area contributed by atoms with E-state index < -0.39 is 11.9 Å². The predicted molar refractivity (Wildman–Crippen MR) is 70.9 cm³/mol. The van der Waals surface area contributed by atoms with E-state index in [9.17, 15) is 13.2 Å². The summed E-state index contributed by atoms with van der Waals surface area (Å²) in [6, 6.07) is 4.25. The summed E-state index contributed by atoms with van der Waals surface area (Å²) in [5, 5.41) is 4.38. The average molecular weight is 298 g/mol. The van der Waals surface area contributed by atoms with E-state index in [4.69, 9.17) is 5.73 Å². The number of nitrogen functional groups attached to an aromatic ring is 1. The molecule has 2 heterocycles. The summed E-state index contributed by atoms with van der Waals surface area (Å²) in [6.07, 6.45) is -3.24. The number of aromatic nitrogens is 3. The second-order valence-corrected chi connectivity index (χ2v) is 5.49. The first-order valence-electron chi connectivity index (χ1n) is 5.64. The molecule has 0 unspecified atom stereocenters. The monoisotopic (exact) mass is 298 g/mol. The smallest absolute Gasteiger partial charge is 0.397 e. The molecule has 20 heavy (non-hydrogen) atoms. The highest BCUT2D eigenvalue weighted by atomic mass is 32.1. The van der Waals surface area contributed by atoms with Crippen LogP contribution in [0.1, 0.15) is 10.7 Å². The van der Waals surface area contributed by atoms with E-state index in [0.717, 1.165) is 20.5 Å². The highest BCUT2D eigenvalue weighted by Crippen LogP contribution is 2.31. The van der Waals surface area contributed by atoms with Crippen LogP contribution in [0.4, 0.5) is 18.9 Å². The summed E-state index contributed by atoms with van der Waals surface area (Å²) in [4.78, 5) is 4.30. The van der Waals surface area contributed by atoms with Crippen LogP contribution in [0, 0.1) is 6.92 Å². The molecular formula is C12H9F3N4S. The predicted octanol–water partition coefficient (Wildman–Crippen LogP) is 3.39. The first-order chi connectivity index (χ1) is 9.34. The number of hydrogen-bond donors (Lipinski definition) is 1. The lowest BCUT2D eigenvalue weighted by Crippen LogP contribution is -2.08. The van der Waals surface area contributed by atoms with E-state index in [2.05, 4.69) is 10.1 Å². The lowest BCUT2D eigenvalue weighted by molar-refractivity contribution is -0.141. The van der Waals surface area contributed by atoms with E-state index in [0.29, 0.717) is 16.9 Å². The van der Waals surface area contributed by atoms with Crippen LogP contribution in [-0.4, -0.2) is 14.8 Å². The molecule has 3 aromatic rings. The first-order valence-corrected chi connectivity index (χ1v) is 6.46. The highest BCUT2D eigenvalue weighted by molar-refractivity contribution is 7.18. The van der Waals surface area contributed by atoms with Crippen LogP contribution >= 0.6 is 11.3 Å². The second kappa shape index (κ2) is 4.20. The van der Waals surface area contributed by atoms with E-state index >= 15 is 0 Å². The van der Waals surface area contributed by atoms with Gasteiger partial charge < -0.3 is 5.73 Å². The molecule has 0 aliphatic heterocycles. The third-order valence-corrected chi connectivity index (χ3v) is 3.70. The maximum Gasteiger partial charge on any atom is 0.435 e. The van der Waals surface area contributed by atoms with Crippen LogP contribution in [-0.2, 0) is 6.18 Å². The molecule has 0 aliphatic rings. The molecule has 0 bridgehead atoms. The van der Waals surface area contributed by atoms with Crippen molar-refractivity contribution in [3.8, 4) is 5.69 Å². The van der Waals surface area contributed by atoms with Crippen molar-refractivity contribution >= 4 is 27.2 Å². The molecule has 8 heteroatoms. The van der Waals surface area contributed by atoms with Crippen LogP contribution < -0.4 is 5.73 Å². The maximum atomic E-state index is 12.6. The molecule has 2 N–H and O–H groups in total. The minimum atomic E-state index is -4.47. The highest BCUT2D eigenvalue weighted by Gasteiger charge is 2.33. The zero-order valence-corrected chi connectivity index (χ0v) is 11.1. The van der Waals surface area contributed by atoms with Gasteiger partial charge in [0.2, 0.25) is 0 Å². The summed E-state index contributed by atoms with van der Waals surface area (Å²) in [7, 11) is 0. The van der Waals surface area contributed by atoms with Crippen LogP contribution in [0.15, 0.2) is 24.4 Å². The van der Waals surface area contributed by atoms with Crippen molar-refractivity contribution in [3.63, 3.8) is 0 Å². The van der Waals surface area contributed by atoms with Gasteiger partial charge in [0.05, 0.1) is 26.6 Å². The van der Waals surface area contributed by atoms with Crippen molar-refractivity contribution < 1.29 is 13.2 Å². The van der Waals surface area contributed by atoms with Gasteiger partial charge in [-0.15, -0.1) is 11.3 Å². The quantitative estimate of drug-likeness (QED) is 0.701. The molecule has 4 nitrogen and oxygen atoms in total. The number of nitrogens with zero attached hydrogens (tertiary/aromatic N) is 3. The van der Waals surface area contributed by atoms with E-state index in [1.54, 1.807) is 12.1 Å². The summed E-state index contributed by atoms with van der Waals surface area (Å²) < 4.78 is 39.7. The van der Waals surface area contributed by atoms with Gasteiger partial charge in [-0.2, -0.15) is 18.3 Å². The molecule has 0 atom stereocenters. The fourth-order valence-electron chi connectivity index (χ4n) is 1.90. The van der Waals surface area contributed by atoms with Gasteiger partial charge in [0.1, 0.15) is 0 Å². The molecule has 0 amide bonds. The molecule has 0 radical (unpaired) electrons. The summed E-state index contributed by atoms with van der Waals surface area (Å²) in [6.45, 7) is 1.86. The molecule has 0 saturated carbocycles. The molecule has 0 aliphatic carbocycles. The number of fused-ring (bicyclic) bond motifs is 1. The molecule has 0 fully saturated rings. The van der Waals surface area contributed by atoms with Crippen LogP contribution in [0.2, 0.25) is 0 Å². The average Bonchev–Trinajstić information content (AvgIpc) is 2.92. The molecule has 2 aromatic heterocycles. The minimum absolute atomic E-state index is 0.359. The van der Waals surface area contributed by atoms with E-state index in [1.807, 2.05) is 6.92 Å². The molecular weight excluding hydrogens is 289 g/mol. The number of halogens is 3. The molecule has 0 spiro atoms. The van der Waals surface area contributed by atoms with Gasteiger partial charge in [0.15, 0.2) is 5.69 Å². The number of anilines is 1. The summed E-state index contributed by atoms with van der Waals surface area (Å²) in [5.74, 6) is 0. The molecule has 3 rings (SSSR count). The van der Waals surface area contributed by atoms with Gasteiger partial charge in [-0.3, -0.25) is 0 Å². The van der Waals surface area contributed by atoms with Crippen molar-refractivity contribution in [1.82, 2.24) is 14.8 Å². The first kappa shape index (κ1) is 12.9. The lowest BCUT2D eigenvalue weighted by Gasteiger charge is -2.06. The number of nitrogens with two attached hydrogens (primary N) is 1. The van der Waals surface area contributed by atoms with Crippen molar-refractivity contribution in [3.05, 3.63) is 35.1 Å². The molecule has 104 valence electrons.